The second-order valence-electron chi connectivity index (χ2n) is 6.75. The Labute approximate surface area is 159 Å². The molecule has 0 saturated carbocycles. The fraction of sp³-hybridized carbons (Fsp3) is 0.350. The molecule has 1 N–H and O–H groups in total. The van der Waals surface area contributed by atoms with Crippen LogP contribution >= 0.6 is 0 Å². The largest absolute Gasteiger partial charge is 0.326 e. The van der Waals surface area contributed by atoms with Gasteiger partial charge in [-0.15, -0.1) is 0 Å². The maximum Gasteiger partial charge on any atom is 0.243 e. The van der Waals surface area contributed by atoms with E-state index < -0.39 is 15.8 Å². The number of amides is 1. The van der Waals surface area contributed by atoms with E-state index in [1.54, 1.807) is 0 Å². The fourth-order valence-electron chi connectivity index (χ4n) is 3.27. The van der Waals surface area contributed by atoms with E-state index in [1.807, 2.05) is 30.3 Å². The van der Waals surface area contributed by atoms with Crippen molar-refractivity contribution in [2.45, 2.75) is 30.6 Å². The SMILES string of the molecule is O=C(CCC1CCN(S(=O)(=O)c2ccc(F)cc2)CC1)Nc1ccccc1. The molecule has 5 nitrogen and oxygen atoms in total. The summed E-state index contributed by atoms with van der Waals surface area (Å²) < 4.78 is 39.7. The van der Waals surface area contributed by atoms with Crippen molar-refractivity contribution in [1.82, 2.24) is 4.31 Å². The summed E-state index contributed by atoms with van der Waals surface area (Å²) in [6.07, 6.45) is 2.60. The first-order valence-electron chi connectivity index (χ1n) is 9.06. The molecular weight excluding hydrogens is 367 g/mol. The number of carbonyl (C=O) groups excluding carboxylic acids is 1. The van der Waals surface area contributed by atoms with E-state index in [0.717, 1.165) is 37.1 Å². The molecule has 1 aliphatic rings. The molecule has 144 valence electrons. The highest BCUT2D eigenvalue weighted by molar-refractivity contribution is 7.89. The van der Waals surface area contributed by atoms with E-state index in [1.165, 1.54) is 16.4 Å². The lowest BCUT2D eigenvalue weighted by molar-refractivity contribution is -0.116. The molecule has 7 heteroatoms. The highest BCUT2D eigenvalue weighted by Gasteiger charge is 2.29. The van der Waals surface area contributed by atoms with Gasteiger partial charge in [-0.2, -0.15) is 4.31 Å². The van der Waals surface area contributed by atoms with E-state index in [-0.39, 0.29) is 10.8 Å². The van der Waals surface area contributed by atoms with Crippen LogP contribution in [0.15, 0.2) is 59.5 Å². The van der Waals surface area contributed by atoms with Crippen LogP contribution in [0.4, 0.5) is 10.1 Å². The Balaban J connectivity index is 1.47. The summed E-state index contributed by atoms with van der Waals surface area (Å²) in [5.74, 6) is -0.157. The van der Waals surface area contributed by atoms with Gasteiger partial charge >= 0.3 is 0 Å². The molecule has 0 bridgehead atoms. The van der Waals surface area contributed by atoms with Crippen LogP contribution in [0.1, 0.15) is 25.7 Å². The van der Waals surface area contributed by atoms with Gasteiger partial charge in [-0.05, 0) is 61.6 Å². The van der Waals surface area contributed by atoms with E-state index in [0.29, 0.717) is 25.4 Å². The van der Waals surface area contributed by atoms with Crippen molar-refractivity contribution in [2.75, 3.05) is 18.4 Å². The Morgan fingerprint density at radius 3 is 2.30 bits per heavy atom. The predicted molar refractivity (Wildman–Crippen MR) is 102 cm³/mol. The Bertz CT molecular complexity index is 862. The van der Waals surface area contributed by atoms with E-state index in [9.17, 15) is 17.6 Å². The summed E-state index contributed by atoms with van der Waals surface area (Å²) in [4.78, 5) is 12.2. The molecule has 1 saturated heterocycles. The molecule has 0 atom stereocenters. The summed E-state index contributed by atoms with van der Waals surface area (Å²) in [5.41, 5.74) is 0.780. The van der Waals surface area contributed by atoms with Crippen LogP contribution < -0.4 is 5.32 Å². The van der Waals surface area contributed by atoms with Gasteiger partial charge in [0.2, 0.25) is 15.9 Å². The second kappa shape index (κ2) is 8.63. The number of carbonyl (C=O) groups is 1. The minimum absolute atomic E-state index is 0.0254. The summed E-state index contributed by atoms with van der Waals surface area (Å²) in [7, 11) is -3.59. The van der Waals surface area contributed by atoms with E-state index in [4.69, 9.17) is 0 Å². The Kier molecular flexibility index (Phi) is 6.23. The van der Waals surface area contributed by atoms with Crippen molar-refractivity contribution in [3.8, 4) is 0 Å². The number of sulfonamides is 1. The molecule has 0 aromatic heterocycles. The lowest BCUT2D eigenvalue weighted by Crippen LogP contribution is -2.38. The van der Waals surface area contributed by atoms with E-state index >= 15 is 0 Å². The molecule has 1 fully saturated rings. The van der Waals surface area contributed by atoms with Crippen molar-refractivity contribution in [1.29, 1.82) is 0 Å². The van der Waals surface area contributed by atoms with Crippen LogP contribution in [0.5, 0.6) is 0 Å². The third-order valence-electron chi connectivity index (χ3n) is 4.86. The van der Waals surface area contributed by atoms with Crippen LogP contribution in [0.25, 0.3) is 0 Å². The smallest absolute Gasteiger partial charge is 0.243 e. The zero-order valence-electron chi connectivity index (χ0n) is 15.0. The standard InChI is InChI=1S/C20H23FN2O3S/c21-17-7-9-19(10-8-17)27(25,26)23-14-12-16(13-15-23)6-11-20(24)22-18-4-2-1-3-5-18/h1-5,7-10,16H,6,11-15H2,(H,22,24). The highest BCUT2D eigenvalue weighted by atomic mass is 32.2. The maximum absolute atomic E-state index is 13.0. The zero-order chi connectivity index (χ0) is 19.3. The number of piperidine rings is 1. The van der Waals surface area contributed by atoms with E-state index in [2.05, 4.69) is 5.32 Å². The highest BCUT2D eigenvalue weighted by Crippen LogP contribution is 2.26. The number of rotatable bonds is 6. The van der Waals surface area contributed by atoms with Crippen LogP contribution in [0, 0.1) is 11.7 Å². The van der Waals surface area contributed by atoms with Gasteiger partial charge in [0.1, 0.15) is 5.82 Å². The molecular formula is C20H23FN2O3S. The van der Waals surface area contributed by atoms with Crippen molar-refractivity contribution in [3.05, 3.63) is 60.4 Å². The third-order valence-corrected chi connectivity index (χ3v) is 6.77. The van der Waals surface area contributed by atoms with Crippen LogP contribution in [0.2, 0.25) is 0 Å². The van der Waals surface area contributed by atoms with Gasteiger partial charge in [0, 0.05) is 25.2 Å². The molecule has 0 spiro atoms. The van der Waals surface area contributed by atoms with Gasteiger partial charge in [-0.25, -0.2) is 12.8 Å². The number of para-hydroxylation sites is 1. The van der Waals surface area contributed by atoms with Crippen LogP contribution in [-0.4, -0.2) is 31.7 Å². The molecule has 3 rings (SSSR count). The van der Waals surface area contributed by atoms with Gasteiger partial charge in [0.05, 0.1) is 4.90 Å². The first kappa shape index (κ1) is 19.5. The number of halogens is 1. The molecule has 0 unspecified atom stereocenters. The molecule has 0 aliphatic carbocycles. The predicted octanol–water partition coefficient (Wildman–Crippen LogP) is 3.65. The van der Waals surface area contributed by atoms with Gasteiger partial charge in [0.25, 0.3) is 0 Å². The summed E-state index contributed by atoms with van der Waals surface area (Å²) >= 11 is 0. The average molecular weight is 390 g/mol. The quantitative estimate of drug-likeness (QED) is 0.819. The van der Waals surface area contributed by atoms with Crippen molar-refractivity contribution in [3.63, 3.8) is 0 Å². The number of nitrogens with one attached hydrogen (secondary N) is 1. The second-order valence-corrected chi connectivity index (χ2v) is 8.69. The molecule has 1 aliphatic heterocycles. The Morgan fingerprint density at radius 2 is 1.67 bits per heavy atom. The summed E-state index contributed by atoms with van der Waals surface area (Å²) in [6, 6.07) is 14.2. The zero-order valence-corrected chi connectivity index (χ0v) is 15.8. The maximum atomic E-state index is 13.0. The first-order valence-corrected chi connectivity index (χ1v) is 10.5. The summed E-state index contributed by atoms with van der Waals surface area (Å²) in [6.45, 7) is 0.843. The van der Waals surface area contributed by atoms with Gasteiger partial charge in [-0.3, -0.25) is 4.79 Å². The summed E-state index contributed by atoms with van der Waals surface area (Å²) in [5, 5.41) is 2.86. The van der Waals surface area contributed by atoms with Crippen molar-refractivity contribution >= 4 is 21.6 Å². The van der Waals surface area contributed by atoms with Gasteiger partial charge in [-0.1, -0.05) is 18.2 Å². The minimum Gasteiger partial charge on any atom is -0.326 e. The molecule has 0 radical (unpaired) electrons. The monoisotopic (exact) mass is 390 g/mol. The normalized spacial score (nSPS) is 16.2. The third kappa shape index (κ3) is 5.14. The molecule has 2 aromatic carbocycles. The van der Waals surface area contributed by atoms with Crippen LogP contribution in [0.3, 0.4) is 0 Å². The van der Waals surface area contributed by atoms with Gasteiger partial charge in [0.15, 0.2) is 0 Å². The Hall–Kier alpha value is -2.25. The number of anilines is 1. The lowest BCUT2D eigenvalue weighted by atomic mass is 9.93. The topological polar surface area (TPSA) is 66.5 Å². The molecule has 1 amide bonds. The first-order chi connectivity index (χ1) is 12.9. The lowest BCUT2D eigenvalue weighted by Gasteiger charge is -2.31. The number of nitrogens with zero attached hydrogens (tertiary/aromatic N) is 1. The number of hydrogen-bond acceptors (Lipinski definition) is 3. The van der Waals surface area contributed by atoms with Crippen LogP contribution in [-0.2, 0) is 14.8 Å². The molecule has 2 aromatic rings. The molecule has 1 heterocycles. The van der Waals surface area contributed by atoms with Crippen molar-refractivity contribution in [2.24, 2.45) is 5.92 Å². The molecule has 27 heavy (non-hydrogen) atoms. The average Bonchev–Trinajstić information content (AvgIpc) is 2.68. The van der Waals surface area contributed by atoms with Crippen molar-refractivity contribution < 1.29 is 17.6 Å². The number of benzene rings is 2. The van der Waals surface area contributed by atoms with Gasteiger partial charge < -0.3 is 5.32 Å². The fourth-order valence-corrected chi connectivity index (χ4v) is 4.74. The number of hydrogen-bond donors (Lipinski definition) is 1. The Morgan fingerprint density at radius 1 is 1.04 bits per heavy atom. The minimum atomic E-state index is -3.59.